The molecule has 5 aromatic rings. The van der Waals surface area contributed by atoms with Gasteiger partial charge in [-0.05, 0) is 53.8 Å². The van der Waals surface area contributed by atoms with Crippen LogP contribution in [0.15, 0.2) is 66.9 Å². The summed E-state index contributed by atoms with van der Waals surface area (Å²) in [5, 5.41) is 18.2. The van der Waals surface area contributed by atoms with Gasteiger partial charge in [0.15, 0.2) is 5.13 Å². The Labute approximate surface area is 214 Å². The number of carbonyl (C=O) groups is 2. The number of amides is 2. The van der Waals surface area contributed by atoms with Crippen molar-refractivity contribution in [1.82, 2.24) is 15.3 Å². The third-order valence-corrected chi connectivity index (χ3v) is 7.33. The number of nitro groups is 1. The number of thiazole rings is 1. The van der Waals surface area contributed by atoms with Gasteiger partial charge in [0.25, 0.3) is 11.6 Å². The van der Waals surface area contributed by atoms with E-state index in [0.717, 1.165) is 45.1 Å². The van der Waals surface area contributed by atoms with Gasteiger partial charge in [-0.25, -0.2) is 4.98 Å². The number of hydrogen-bond donors (Lipinski definition) is 3. The SMILES string of the molecule is O=C(NCc1cccc([N+](=O)[O-])c1)c1c[nH]c2ccc(-c3ccc4nc(NC(=O)C5CC5)sc4c3)cc12. The summed E-state index contributed by atoms with van der Waals surface area (Å²) in [5.41, 5.74) is 4.69. The lowest BCUT2D eigenvalue weighted by Crippen LogP contribution is -2.22. The number of H-pyrrole nitrogens is 1. The fourth-order valence-electron chi connectivity index (χ4n) is 4.26. The standard InChI is InChI=1S/C27H21N5O4S/c33-25(16-4-5-16)31-27-30-23-9-7-18(12-24(23)37-27)17-6-8-22-20(11-17)21(14-28-22)26(34)29-13-15-2-1-3-19(10-15)32(35)36/h1-3,6-12,14,16,28H,4-5,13H2,(H,29,34)(H,30,31,33). The van der Waals surface area contributed by atoms with E-state index in [9.17, 15) is 19.7 Å². The number of nitrogens with one attached hydrogen (secondary N) is 3. The first kappa shape index (κ1) is 22.9. The number of aromatic nitrogens is 2. The van der Waals surface area contributed by atoms with Gasteiger partial charge < -0.3 is 15.6 Å². The first-order valence-electron chi connectivity index (χ1n) is 11.8. The fraction of sp³-hybridized carbons (Fsp3) is 0.148. The molecular weight excluding hydrogens is 490 g/mol. The molecule has 0 bridgehead atoms. The zero-order chi connectivity index (χ0) is 25.5. The van der Waals surface area contributed by atoms with Crippen molar-refractivity contribution < 1.29 is 14.5 Å². The Kier molecular flexibility index (Phi) is 5.65. The molecule has 9 nitrogen and oxygen atoms in total. The maximum Gasteiger partial charge on any atom is 0.269 e. The molecule has 3 N–H and O–H groups in total. The number of anilines is 1. The van der Waals surface area contributed by atoms with Crippen molar-refractivity contribution in [3.63, 3.8) is 0 Å². The minimum atomic E-state index is -0.457. The highest BCUT2D eigenvalue weighted by Crippen LogP contribution is 2.34. The van der Waals surface area contributed by atoms with Gasteiger partial charge in [0.05, 0.1) is 20.7 Å². The molecule has 2 heterocycles. The molecule has 1 aliphatic rings. The third-order valence-electron chi connectivity index (χ3n) is 6.40. The van der Waals surface area contributed by atoms with E-state index < -0.39 is 4.92 Å². The number of aromatic amines is 1. The second-order valence-corrected chi connectivity index (χ2v) is 10.1. The number of nitro benzene ring substituents is 1. The molecule has 1 fully saturated rings. The van der Waals surface area contributed by atoms with Gasteiger partial charge in [-0.15, -0.1) is 0 Å². The molecule has 10 heteroatoms. The largest absolute Gasteiger partial charge is 0.360 e. The summed E-state index contributed by atoms with van der Waals surface area (Å²) in [7, 11) is 0. The molecule has 1 aliphatic carbocycles. The summed E-state index contributed by atoms with van der Waals surface area (Å²) in [5.74, 6) is -0.120. The molecule has 0 saturated heterocycles. The van der Waals surface area contributed by atoms with Crippen molar-refractivity contribution in [3.05, 3.63) is 88.1 Å². The molecule has 184 valence electrons. The molecule has 37 heavy (non-hydrogen) atoms. The Morgan fingerprint density at radius 3 is 2.70 bits per heavy atom. The number of non-ortho nitro benzene ring substituents is 1. The van der Waals surface area contributed by atoms with Crippen LogP contribution < -0.4 is 10.6 Å². The molecule has 0 atom stereocenters. The first-order chi connectivity index (χ1) is 17.9. The molecule has 3 aromatic carbocycles. The quantitative estimate of drug-likeness (QED) is 0.193. The smallest absolute Gasteiger partial charge is 0.269 e. The van der Waals surface area contributed by atoms with Gasteiger partial charge in [-0.2, -0.15) is 0 Å². The van der Waals surface area contributed by atoms with Gasteiger partial charge in [-0.3, -0.25) is 19.7 Å². The van der Waals surface area contributed by atoms with E-state index in [0.29, 0.717) is 16.3 Å². The highest BCUT2D eigenvalue weighted by molar-refractivity contribution is 7.22. The minimum Gasteiger partial charge on any atom is -0.360 e. The fourth-order valence-corrected chi connectivity index (χ4v) is 5.16. The molecule has 0 aliphatic heterocycles. The molecule has 1 saturated carbocycles. The number of nitrogens with zero attached hydrogens (tertiary/aromatic N) is 2. The predicted molar refractivity (Wildman–Crippen MR) is 143 cm³/mol. The number of fused-ring (bicyclic) bond motifs is 2. The normalized spacial score (nSPS) is 13.1. The third kappa shape index (κ3) is 4.66. The van der Waals surface area contributed by atoms with E-state index in [1.54, 1.807) is 18.3 Å². The van der Waals surface area contributed by atoms with Crippen molar-refractivity contribution in [3.8, 4) is 11.1 Å². The lowest BCUT2D eigenvalue weighted by atomic mass is 10.0. The van der Waals surface area contributed by atoms with Crippen molar-refractivity contribution in [2.75, 3.05) is 5.32 Å². The molecule has 2 amide bonds. The van der Waals surface area contributed by atoms with Crippen LogP contribution in [0.3, 0.4) is 0 Å². The lowest BCUT2D eigenvalue weighted by molar-refractivity contribution is -0.384. The topological polar surface area (TPSA) is 130 Å². The van der Waals surface area contributed by atoms with E-state index in [1.165, 1.54) is 23.5 Å². The van der Waals surface area contributed by atoms with Crippen molar-refractivity contribution in [2.24, 2.45) is 5.92 Å². The van der Waals surface area contributed by atoms with Gasteiger partial charge >= 0.3 is 0 Å². The van der Waals surface area contributed by atoms with Gasteiger partial charge in [0.1, 0.15) is 0 Å². The molecule has 0 spiro atoms. The summed E-state index contributed by atoms with van der Waals surface area (Å²) >= 11 is 1.44. The second kappa shape index (κ2) is 9.14. The van der Waals surface area contributed by atoms with Crippen LogP contribution in [0.2, 0.25) is 0 Å². The maximum atomic E-state index is 13.0. The summed E-state index contributed by atoms with van der Waals surface area (Å²) in [6.45, 7) is 0.175. The maximum absolute atomic E-state index is 13.0. The Balaban J connectivity index is 1.23. The number of hydrogen-bond acceptors (Lipinski definition) is 6. The molecule has 0 radical (unpaired) electrons. The summed E-state index contributed by atoms with van der Waals surface area (Å²) in [4.78, 5) is 43.3. The second-order valence-electron chi connectivity index (χ2n) is 9.04. The molecular formula is C27H21N5O4S. The zero-order valence-electron chi connectivity index (χ0n) is 19.5. The molecule has 2 aromatic heterocycles. The lowest BCUT2D eigenvalue weighted by Gasteiger charge is -2.06. The Hall–Kier alpha value is -4.57. The van der Waals surface area contributed by atoms with E-state index in [2.05, 4.69) is 20.6 Å². The van der Waals surface area contributed by atoms with Crippen molar-refractivity contribution in [1.29, 1.82) is 0 Å². The minimum absolute atomic E-state index is 0.0150. The number of benzene rings is 3. The number of rotatable bonds is 7. The average Bonchev–Trinajstić information content (AvgIpc) is 3.55. The van der Waals surface area contributed by atoms with E-state index in [-0.39, 0.29) is 30.0 Å². The van der Waals surface area contributed by atoms with Gasteiger partial charge in [-0.1, -0.05) is 35.6 Å². The summed E-state index contributed by atoms with van der Waals surface area (Å²) in [6, 6.07) is 18.0. The van der Waals surface area contributed by atoms with Crippen LogP contribution >= 0.6 is 11.3 Å². The number of carbonyl (C=O) groups excluding carboxylic acids is 2. The van der Waals surface area contributed by atoms with Crippen LogP contribution in [0.4, 0.5) is 10.8 Å². The van der Waals surface area contributed by atoms with Crippen LogP contribution in [0.25, 0.3) is 32.2 Å². The summed E-state index contributed by atoms with van der Waals surface area (Å²) in [6.07, 6.45) is 3.55. The van der Waals surface area contributed by atoms with Crippen LogP contribution in [0.1, 0.15) is 28.8 Å². The van der Waals surface area contributed by atoms with Crippen molar-refractivity contribution >= 4 is 55.1 Å². The first-order valence-corrected chi connectivity index (χ1v) is 12.6. The molecule has 6 rings (SSSR count). The Morgan fingerprint density at radius 1 is 1.08 bits per heavy atom. The van der Waals surface area contributed by atoms with Crippen LogP contribution in [0, 0.1) is 16.0 Å². The predicted octanol–water partition coefficient (Wildman–Crippen LogP) is 5.63. The molecule has 0 unspecified atom stereocenters. The Bertz CT molecular complexity index is 1700. The van der Waals surface area contributed by atoms with Crippen molar-refractivity contribution in [2.45, 2.75) is 19.4 Å². The van der Waals surface area contributed by atoms with E-state index in [1.807, 2.05) is 36.4 Å². The van der Waals surface area contributed by atoms with Crippen LogP contribution in [-0.4, -0.2) is 26.7 Å². The van der Waals surface area contributed by atoms with E-state index >= 15 is 0 Å². The van der Waals surface area contributed by atoms with Crippen LogP contribution in [-0.2, 0) is 11.3 Å². The average molecular weight is 512 g/mol. The monoisotopic (exact) mass is 511 g/mol. The highest BCUT2D eigenvalue weighted by atomic mass is 32.1. The van der Waals surface area contributed by atoms with Gasteiger partial charge in [0, 0.05) is 41.7 Å². The van der Waals surface area contributed by atoms with Gasteiger partial charge in [0.2, 0.25) is 5.91 Å². The zero-order valence-corrected chi connectivity index (χ0v) is 20.3. The van der Waals surface area contributed by atoms with Crippen LogP contribution in [0.5, 0.6) is 0 Å². The highest BCUT2D eigenvalue weighted by Gasteiger charge is 2.30. The Morgan fingerprint density at radius 2 is 1.89 bits per heavy atom. The summed E-state index contributed by atoms with van der Waals surface area (Å²) < 4.78 is 0.965. The van der Waals surface area contributed by atoms with E-state index in [4.69, 9.17) is 0 Å².